The number of aryl methyl sites for hydroxylation is 4. The van der Waals surface area contributed by atoms with Gasteiger partial charge in [-0.1, -0.05) is 215 Å². The third-order valence-corrected chi connectivity index (χ3v) is 18.6. The Kier molecular flexibility index (Phi) is 11.8. The lowest BCUT2D eigenvalue weighted by Crippen LogP contribution is -2.39. The van der Waals surface area contributed by atoms with E-state index in [4.69, 9.17) is 0 Å². The molecule has 0 saturated carbocycles. The highest BCUT2D eigenvalue weighted by Gasteiger charge is 2.30. The number of rotatable bonds is 10. The second kappa shape index (κ2) is 17.6. The van der Waals surface area contributed by atoms with Crippen LogP contribution in [0.15, 0.2) is 176 Å². The average Bonchev–Trinajstić information content (AvgIpc) is 3.32. The number of anilines is 6. The first-order chi connectivity index (χ1) is 33.3. The summed E-state index contributed by atoms with van der Waals surface area (Å²) in [5.74, 6) is 0. The molecule has 10 aromatic rings. The molecule has 0 amide bonds. The van der Waals surface area contributed by atoms with Crippen molar-refractivity contribution in [3.63, 3.8) is 0 Å². The van der Waals surface area contributed by atoms with E-state index in [1.54, 1.807) is 0 Å². The van der Waals surface area contributed by atoms with Gasteiger partial charge in [-0.05, 0) is 131 Å². The van der Waals surface area contributed by atoms with Crippen molar-refractivity contribution in [3.05, 3.63) is 204 Å². The predicted octanol–water partition coefficient (Wildman–Crippen LogP) is 18.5. The Labute approximate surface area is 419 Å². The molecule has 10 aromatic carbocycles. The van der Waals surface area contributed by atoms with Crippen LogP contribution in [0.5, 0.6) is 0 Å². The van der Waals surface area contributed by atoms with E-state index in [1.165, 1.54) is 104 Å². The van der Waals surface area contributed by atoms with E-state index < -0.39 is 16.1 Å². The van der Waals surface area contributed by atoms with Crippen LogP contribution >= 0.6 is 0 Å². The van der Waals surface area contributed by atoms with Crippen LogP contribution in [0.2, 0.25) is 39.3 Å². The van der Waals surface area contributed by atoms with Gasteiger partial charge < -0.3 is 9.80 Å². The number of hydrogen-bond donors (Lipinski definition) is 0. The van der Waals surface area contributed by atoms with E-state index in [1.807, 2.05) is 0 Å². The van der Waals surface area contributed by atoms with Crippen LogP contribution in [0, 0.1) is 27.7 Å². The molecule has 0 radical (unpaired) electrons. The van der Waals surface area contributed by atoms with E-state index >= 15 is 0 Å². The summed E-state index contributed by atoms with van der Waals surface area (Å²) in [5.41, 5.74) is 18.4. The van der Waals surface area contributed by atoms with E-state index in [0.29, 0.717) is 0 Å². The molecule has 0 aliphatic rings. The molecule has 0 aliphatic carbocycles. The number of nitrogens with zero attached hydrogens (tertiary/aromatic N) is 2. The molecule has 0 fully saturated rings. The summed E-state index contributed by atoms with van der Waals surface area (Å²) in [5, 5.41) is 10.6. The van der Waals surface area contributed by atoms with E-state index in [2.05, 4.69) is 273 Å². The molecule has 4 heteroatoms. The molecule has 2 nitrogen and oxygen atoms in total. The Hall–Kier alpha value is -6.73. The zero-order valence-electron chi connectivity index (χ0n) is 43.6. The predicted molar refractivity (Wildman–Crippen MR) is 314 cm³/mol. The van der Waals surface area contributed by atoms with Crippen LogP contribution in [0.4, 0.5) is 34.1 Å². The summed E-state index contributed by atoms with van der Waals surface area (Å²) in [7, 11) is -3.60. The van der Waals surface area contributed by atoms with Gasteiger partial charge in [0.2, 0.25) is 0 Å². The van der Waals surface area contributed by atoms with Gasteiger partial charge in [-0.3, -0.25) is 0 Å². The summed E-state index contributed by atoms with van der Waals surface area (Å²) in [6.07, 6.45) is 0. The summed E-state index contributed by atoms with van der Waals surface area (Å²) in [6, 6.07) is 67.5. The van der Waals surface area contributed by atoms with E-state index in [-0.39, 0.29) is 5.41 Å². The van der Waals surface area contributed by atoms with Crippen molar-refractivity contribution in [2.45, 2.75) is 93.2 Å². The Balaban J connectivity index is 1.38. The van der Waals surface area contributed by atoms with Crippen molar-refractivity contribution in [2.75, 3.05) is 9.80 Å². The Bertz CT molecular complexity index is 3330. The molecule has 0 N–H and O–H groups in total. The lowest BCUT2D eigenvalue weighted by Gasteiger charge is -2.35. The standard InChI is InChI=1S/C66H68N2Si2/c1-43-24-30-52(31-25-43)67(58-40-56(47-20-16-14-17-21-47)62(36-45(58)3)69(8,9)10)60-42-61(55-35-29-50-39-51(66(5,6)7)38-49-28-34-54(60)65(55)64(49)50)68(53-32-26-44(2)27-33-53)59-41-57(48-22-18-15-19-23-48)63(37-46(59)4)70(11,12)13/h14-42H,1-13H3. The first kappa shape index (κ1) is 47.0. The summed E-state index contributed by atoms with van der Waals surface area (Å²) in [6.45, 7) is 30.9. The minimum Gasteiger partial charge on any atom is -0.310 e. The summed E-state index contributed by atoms with van der Waals surface area (Å²) < 4.78 is 0. The zero-order chi connectivity index (χ0) is 49.4. The second-order valence-corrected chi connectivity index (χ2v) is 33.1. The first-order valence-corrected chi connectivity index (χ1v) is 32.2. The molecule has 70 heavy (non-hydrogen) atoms. The summed E-state index contributed by atoms with van der Waals surface area (Å²) >= 11 is 0. The molecule has 0 aliphatic heterocycles. The molecule has 350 valence electrons. The molecule has 0 unspecified atom stereocenters. The lowest BCUT2D eigenvalue weighted by molar-refractivity contribution is 0.591. The topological polar surface area (TPSA) is 6.48 Å². The smallest absolute Gasteiger partial charge is 0.0784 e. The fourth-order valence-corrected chi connectivity index (χ4v) is 14.1. The van der Waals surface area contributed by atoms with Crippen molar-refractivity contribution < 1.29 is 0 Å². The maximum atomic E-state index is 2.58. The van der Waals surface area contributed by atoms with Gasteiger partial charge in [0.15, 0.2) is 0 Å². The normalized spacial score (nSPS) is 12.4. The third kappa shape index (κ3) is 8.56. The molecular formula is C66H68N2Si2. The average molecular weight is 945 g/mol. The number of hydrogen-bond acceptors (Lipinski definition) is 2. The molecule has 0 saturated heterocycles. The third-order valence-electron chi connectivity index (χ3n) is 14.5. The highest BCUT2D eigenvalue weighted by molar-refractivity contribution is 6.90. The Morgan fingerprint density at radius 3 is 1.11 bits per heavy atom. The van der Waals surface area contributed by atoms with Gasteiger partial charge in [-0.15, -0.1) is 0 Å². The first-order valence-electron chi connectivity index (χ1n) is 25.2. The fraction of sp³-hybridized carbons (Fsp3) is 0.212. The molecule has 0 heterocycles. The maximum absolute atomic E-state index is 2.58. The Morgan fingerprint density at radius 1 is 0.371 bits per heavy atom. The van der Waals surface area contributed by atoms with Gasteiger partial charge in [0, 0.05) is 38.9 Å². The van der Waals surface area contributed by atoms with Gasteiger partial charge in [0.1, 0.15) is 0 Å². The molecule has 0 bridgehead atoms. The van der Waals surface area contributed by atoms with Crippen LogP contribution < -0.4 is 20.2 Å². The highest BCUT2D eigenvalue weighted by Crippen LogP contribution is 2.52. The quantitative estimate of drug-likeness (QED) is 0.0996. The zero-order valence-corrected chi connectivity index (χ0v) is 45.6. The van der Waals surface area contributed by atoms with Gasteiger partial charge in [0.25, 0.3) is 0 Å². The molecular weight excluding hydrogens is 877 g/mol. The molecule has 0 spiro atoms. The van der Waals surface area contributed by atoms with Crippen LogP contribution in [-0.2, 0) is 5.41 Å². The highest BCUT2D eigenvalue weighted by atomic mass is 28.3. The lowest BCUT2D eigenvalue weighted by atomic mass is 9.83. The monoisotopic (exact) mass is 944 g/mol. The Morgan fingerprint density at radius 2 is 0.757 bits per heavy atom. The van der Waals surface area contributed by atoms with Gasteiger partial charge >= 0.3 is 0 Å². The van der Waals surface area contributed by atoms with Crippen molar-refractivity contribution in [1.29, 1.82) is 0 Å². The largest absolute Gasteiger partial charge is 0.310 e. The maximum Gasteiger partial charge on any atom is 0.0784 e. The van der Waals surface area contributed by atoms with Crippen LogP contribution in [0.3, 0.4) is 0 Å². The minimum atomic E-state index is -1.80. The van der Waals surface area contributed by atoms with Crippen LogP contribution in [0.25, 0.3) is 54.6 Å². The SMILES string of the molecule is Cc1ccc(N(c2cc(-c3ccccc3)c([Si](C)(C)C)cc2C)c2cc(N(c3ccc(C)cc3)c3cc(-c4ccccc4)c([Si](C)(C)C)cc3C)c3ccc4cc(C(C)(C)C)cc5ccc2c3c54)cc1. The summed E-state index contributed by atoms with van der Waals surface area (Å²) in [4.78, 5) is 5.16. The van der Waals surface area contributed by atoms with Crippen molar-refractivity contribution in [3.8, 4) is 22.3 Å². The van der Waals surface area contributed by atoms with Crippen LogP contribution in [-0.4, -0.2) is 16.1 Å². The molecule has 10 rings (SSSR count). The van der Waals surface area contributed by atoms with Crippen molar-refractivity contribution >= 4 is 93.0 Å². The van der Waals surface area contributed by atoms with Crippen LogP contribution in [0.1, 0.15) is 48.6 Å². The fourth-order valence-electron chi connectivity index (χ4n) is 10.7. The number of benzene rings is 10. The van der Waals surface area contributed by atoms with Gasteiger partial charge in [0.05, 0.1) is 27.5 Å². The van der Waals surface area contributed by atoms with E-state index in [9.17, 15) is 0 Å². The van der Waals surface area contributed by atoms with Crippen molar-refractivity contribution in [2.24, 2.45) is 0 Å². The molecule has 0 atom stereocenters. The minimum absolute atomic E-state index is 0.00260. The molecule has 0 aromatic heterocycles. The van der Waals surface area contributed by atoms with Crippen molar-refractivity contribution in [1.82, 2.24) is 0 Å². The van der Waals surface area contributed by atoms with Gasteiger partial charge in [-0.2, -0.15) is 0 Å². The second-order valence-electron chi connectivity index (χ2n) is 23.0. The van der Waals surface area contributed by atoms with Gasteiger partial charge in [-0.25, -0.2) is 0 Å². The van der Waals surface area contributed by atoms with E-state index in [0.717, 1.165) is 22.7 Å².